The van der Waals surface area contributed by atoms with Crippen LogP contribution in [0.2, 0.25) is 10.0 Å². The summed E-state index contributed by atoms with van der Waals surface area (Å²) in [6, 6.07) is 12.1. The summed E-state index contributed by atoms with van der Waals surface area (Å²) in [6.07, 6.45) is 1.32. The van der Waals surface area contributed by atoms with Crippen LogP contribution in [0, 0.1) is 0 Å². The SMILES string of the molecule is Nc1c(NNC(=O)c2ccc(Cl)cc2Cl)ncnc1Nc1cccc(Br)c1. The highest BCUT2D eigenvalue weighted by molar-refractivity contribution is 9.10. The van der Waals surface area contributed by atoms with Gasteiger partial charge in [-0.05, 0) is 36.4 Å². The Bertz CT molecular complexity index is 1000. The van der Waals surface area contributed by atoms with Crippen LogP contribution in [-0.2, 0) is 0 Å². The number of hydrazine groups is 1. The highest BCUT2D eigenvalue weighted by Crippen LogP contribution is 2.27. The molecule has 138 valence electrons. The topological polar surface area (TPSA) is 105 Å². The summed E-state index contributed by atoms with van der Waals surface area (Å²) in [7, 11) is 0. The van der Waals surface area contributed by atoms with E-state index >= 15 is 0 Å². The minimum atomic E-state index is -0.462. The van der Waals surface area contributed by atoms with Crippen molar-refractivity contribution in [2.24, 2.45) is 0 Å². The van der Waals surface area contributed by atoms with Gasteiger partial charge in [-0.3, -0.25) is 15.6 Å². The Morgan fingerprint density at radius 3 is 2.59 bits per heavy atom. The molecule has 0 aliphatic rings. The first-order valence-corrected chi connectivity index (χ1v) is 9.13. The second kappa shape index (κ2) is 8.43. The lowest BCUT2D eigenvalue weighted by atomic mass is 10.2. The maximum Gasteiger partial charge on any atom is 0.271 e. The molecule has 0 spiro atoms. The van der Waals surface area contributed by atoms with Gasteiger partial charge in [-0.25, -0.2) is 9.97 Å². The van der Waals surface area contributed by atoms with Gasteiger partial charge in [0.1, 0.15) is 12.0 Å². The van der Waals surface area contributed by atoms with Crippen LogP contribution in [0.1, 0.15) is 10.4 Å². The minimum Gasteiger partial charge on any atom is -0.393 e. The summed E-state index contributed by atoms with van der Waals surface area (Å²) in [5.74, 6) is 0.168. The normalized spacial score (nSPS) is 10.3. The van der Waals surface area contributed by atoms with E-state index < -0.39 is 5.91 Å². The number of hydrogen-bond acceptors (Lipinski definition) is 6. The summed E-state index contributed by atoms with van der Waals surface area (Å²) in [5.41, 5.74) is 12.5. The summed E-state index contributed by atoms with van der Waals surface area (Å²) in [4.78, 5) is 20.4. The van der Waals surface area contributed by atoms with E-state index in [1.54, 1.807) is 6.07 Å². The standard InChI is InChI=1S/C17H13BrCl2N6O/c18-9-2-1-3-11(6-9)24-15-14(21)16(23-8-22-15)25-26-17(27)12-5-4-10(19)7-13(12)20/h1-8H,21H2,(H,26,27)(H2,22,23,24,25). The lowest BCUT2D eigenvalue weighted by Crippen LogP contribution is -2.30. The van der Waals surface area contributed by atoms with Gasteiger partial charge in [0.25, 0.3) is 5.91 Å². The molecule has 2 aromatic carbocycles. The van der Waals surface area contributed by atoms with Crippen molar-refractivity contribution in [3.05, 3.63) is 68.9 Å². The van der Waals surface area contributed by atoms with Crippen molar-refractivity contribution in [3.63, 3.8) is 0 Å². The smallest absolute Gasteiger partial charge is 0.271 e. The molecule has 0 atom stereocenters. The Hall–Kier alpha value is -2.55. The lowest BCUT2D eigenvalue weighted by Gasteiger charge is -2.13. The Morgan fingerprint density at radius 2 is 1.85 bits per heavy atom. The number of halogens is 3. The molecule has 0 saturated heterocycles. The molecule has 5 N–H and O–H groups in total. The van der Waals surface area contributed by atoms with Crippen molar-refractivity contribution in [1.82, 2.24) is 15.4 Å². The van der Waals surface area contributed by atoms with Crippen LogP contribution >= 0.6 is 39.1 Å². The van der Waals surface area contributed by atoms with Crippen LogP contribution in [0.5, 0.6) is 0 Å². The maximum atomic E-state index is 12.3. The zero-order valence-corrected chi connectivity index (χ0v) is 16.7. The van der Waals surface area contributed by atoms with E-state index in [1.165, 1.54) is 18.5 Å². The maximum absolute atomic E-state index is 12.3. The zero-order chi connectivity index (χ0) is 19.4. The quantitative estimate of drug-likeness (QED) is 0.408. The third kappa shape index (κ3) is 4.79. The molecule has 0 aliphatic heterocycles. The van der Waals surface area contributed by atoms with E-state index in [9.17, 15) is 4.79 Å². The number of nitrogen functional groups attached to an aromatic ring is 1. The fourth-order valence-electron chi connectivity index (χ4n) is 2.15. The van der Waals surface area contributed by atoms with Gasteiger partial charge in [0.05, 0.1) is 10.6 Å². The van der Waals surface area contributed by atoms with Crippen molar-refractivity contribution in [2.75, 3.05) is 16.5 Å². The molecule has 0 unspecified atom stereocenters. The van der Waals surface area contributed by atoms with E-state index in [-0.39, 0.29) is 22.1 Å². The van der Waals surface area contributed by atoms with E-state index in [0.29, 0.717) is 10.8 Å². The fraction of sp³-hybridized carbons (Fsp3) is 0. The van der Waals surface area contributed by atoms with Gasteiger partial charge in [0.2, 0.25) is 0 Å². The van der Waals surface area contributed by atoms with E-state index in [2.05, 4.69) is 42.1 Å². The van der Waals surface area contributed by atoms with Crippen LogP contribution < -0.4 is 21.9 Å². The Labute approximate surface area is 173 Å². The van der Waals surface area contributed by atoms with Crippen LogP contribution in [-0.4, -0.2) is 15.9 Å². The number of aromatic nitrogens is 2. The molecule has 0 saturated carbocycles. The van der Waals surface area contributed by atoms with Crippen LogP contribution in [0.3, 0.4) is 0 Å². The number of benzene rings is 2. The molecule has 0 radical (unpaired) electrons. The fourth-order valence-corrected chi connectivity index (χ4v) is 3.05. The van der Waals surface area contributed by atoms with Crippen LogP contribution in [0.4, 0.5) is 23.0 Å². The number of hydrogen-bond donors (Lipinski definition) is 4. The molecule has 1 heterocycles. The largest absolute Gasteiger partial charge is 0.393 e. The number of nitrogens with one attached hydrogen (secondary N) is 3. The van der Waals surface area contributed by atoms with Crippen molar-refractivity contribution < 1.29 is 4.79 Å². The van der Waals surface area contributed by atoms with Gasteiger partial charge in [0, 0.05) is 15.2 Å². The number of carbonyl (C=O) groups excluding carboxylic acids is 1. The van der Waals surface area contributed by atoms with Gasteiger partial charge in [0.15, 0.2) is 11.6 Å². The lowest BCUT2D eigenvalue weighted by molar-refractivity contribution is 0.0962. The number of nitrogens with two attached hydrogens (primary N) is 1. The second-order valence-electron chi connectivity index (χ2n) is 5.32. The van der Waals surface area contributed by atoms with Gasteiger partial charge >= 0.3 is 0 Å². The molecule has 0 bridgehead atoms. The highest BCUT2D eigenvalue weighted by atomic mass is 79.9. The first-order valence-electron chi connectivity index (χ1n) is 7.58. The van der Waals surface area contributed by atoms with Crippen molar-refractivity contribution in [3.8, 4) is 0 Å². The number of anilines is 4. The molecule has 0 fully saturated rings. The first kappa shape index (κ1) is 19.2. The molecular formula is C17H13BrCl2N6O. The third-order valence-electron chi connectivity index (χ3n) is 3.44. The average Bonchev–Trinajstić information content (AvgIpc) is 2.62. The molecule has 1 aromatic heterocycles. The third-order valence-corrected chi connectivity index (χ3v) is 4.48. The van der Waals surface area contributed by atoms with E-state index in [4.69, 9.17) is 28.9 Å². The van der Waals surface area contributed by atoms with Gasteiger partial charge in [-0.1, -0.05) is 45.2 Å². The van der Waals surface area contributed by atoms with E-state index in [0.717, 1.165) is 10.2 Å². The second-order valence-corrected chi connectivity index (χ2v) is 7.08. The average molecular weight is 468 g/mol. The molecule has 0 aliphatic carbocycles. The van der Waals surface area contributed by atoms with Crippen molar-refractivity contribution >= 4 is 68.0 Å². The molecular weight excluding hydrogens is 455 g/mol. The Kier molecular flexibility index (Phi) is 6.00. The zero-order valence-electron chi connectivity index (χ0n) is 13.6. The molecule has 7 nitrogen and oxygen atoms in total. The van der Waals surface area contributed by atoms with Gasteiger partial charge in [-0.15, -0.1) is 0 Å². The summed E-state index contributed by atoms with van der Waals surface area (Å²) in [6.45, 7) is 0. The van der Waals surface area contributed by atoms with E-state index in [1.807, 2.05) is 24.3 Å². The number of nitrogens with zero attached hydrogens (tertiary/aromatic N) is 2. The van der Waals surface area contributed by atoms with Gasteiger partial charge < -0.3 is 11.1 Å². The van der Waals surface area contributed by atoms with Crippen molar-refractivity contribution in [1.29, 1.82) is 0 Å². The molecule has 1 amide bonds. The van der Waals surface area contributed by atoms with Gasteiger partial charge in [-0.2, -0.15) is 0 Å². The molecule has 3 aromatic rings. The predicted octanol–water partition coefficient (Wildman–Crippen LogP) is 4.63. The molecule has 10 heteroatoms. The molecule has 27 heavy (non-hydrogen) atoms. The summed E-state index contributed by atoms with van der Waals surface area (Å²) in [5, 5.41) is 3.76. The summed E-state index contributed by atoms with van der Waals surface area (Å²) >= 11 is 15.3. The molecule has 3 rings (SSSR count). The van der Waals surface area contributed by atoms with Crippen molar-refractivity contribution in [2.45, 2.75) is 0 Å². The highest BCUT2D eigenvalue weighted by Gasteiger charge is 2.13. The minimum absolute atomic E-state index is 0.231. The number of amides is 1. The number of carbonyl (C=O) groups is 1. The van der Waals surface area contributed by atoms with Crippen LogP contribution in [0.15, 0.2) is 53.3 Å². The Morgan fingerprint density at radius 1 is 1.07 bits per heavy atom. The summed E-state index contributed by atoms with van der Waals surface area (Å²) < 4.78 is 0.908. The van der Waals surface area contributed by atoms with Crippen LogP contribution in [0.25, 0.3) is 0 Å². The Balaban J connectivity index is 1.73. The number of rotatable bonds is 5. The predicted molar refractivity (Wildman–Crippen MR) is 111 cm³/mol. The monoisotopic (exact) mass is 466 g/mol. The first-order chi connectivity index (χ1) is 12.9.